The first-order chi connectivity index (χ1) is 12.8. The maximum Gasteiger partial charge on any atom is 0.224 e. The fourth-order valence-electron chi connectivity index (χ4n) is 3.56. The Kier molecular flexibility index (Phi) is 16.0. The molecule has 0 saturated carbocycles. The van der Waals surface area contributed by atoms with E-state index >= 15 is 0 Å². The van der Waals surface area contributed by atoms with Crippen molar-refractivity contribution in [2.45, 2.75) is 123 Å². The molecule has 0 aromatic heterocycles. The van der Waals surface area contributed by atoms with Crippen molar-refractivity contribution in [2.24, 2.45) is 5.92 Å². The van der Waals surface area contributed by atoms with Crippen LogP contribution in [0.2, 0.25) is 0 Å². The molecule has 4 nitrogen and oxygen atoms in total. The first kappa shape index (κ1) is 26.4. The third-order valence-corrected chi connectivity index (χ3v) is 5.40. The molecule has 0 aromatic carbocycles. The van der Waals surface area contributed by atoms with Gasteiger partial charge in [-0.15, -0.1) is 0 Å². The number of nitrogens with one attached hydrogen (secondary N) is 1. The number of hydroxylamine groups is 3. The molecule has 0 aliphatic heterocycles. The molecular weight excluding hydrogens is 336 g/mol. The lowest BCUT2D eigenvalue weighted by molar-refractivity contribution is -0.869. The molecule has 162 valence electrons. The van der Waals surface area contributed by atoms with Gasteiger partial charge in [-0.25, -0.2) is 0 Å². The second-order valence-corrected chi connectivity index (χ2v) is 9.10. The van der Waals surface area contributed by atoms with Crippen LogP contribution in [0.15, 0.2) is 0 Å². The quantitative estimate of drug-likeness (QED) is 0.126. The van der Waals surface area contributed by atoms with Crippen LogP contribution < -0.4 is 5.32 Å². The van der Waals surface area contributed by atoms with Crippen molar-refractivity contribution >= 4 is 5.91 Å². The Morgan fingerprint density at radius 1 is 0.815 bits per heavy atom. The highest BCUT2D eigenvalue weighted by Gasteiger charge is 2.19. The van der Waals surface area contributed by atoms with Crippen molar-refractivity contribution in [1.82, 2.24) is 5.32 Å². The predicted molar refractivity (Wildman–Crippen MR) is 117 cm³/mol. The molecule has 0 fully saturated rings. The summed E-state index contributed by atoms with van der Waals surface area (Å²) < 4.78 is -0.458. The van der Waals surface area contributed by atoms with Crippen LogP contribution in [0.4, 0.5) is 0 Å². The first-order valence-electron chi connectivity index (χ1n) is 11.6. The number of rotatable bonds is 18. The largest absolute Gasteiger partial charge is 0.632 e. The van der Waals surface area contributed by atoms with Crippen molar-refractivity contribution in [3.63, 3.8) is 0 Å². The molecule has 0 spiro atoms. The van der Waals surface area contributed by atoms with Crippen LogP contribution >= 0.6 is 0 Å². The van der Waals surface area contributed by atoms with Gasteiger partial charge in [0.15, 0.2) is 6.17 Å². The van der Waals surface area contributed by atoms with E-state index in [4.69, 9.17) is 0 Å². The number of quaternary nitrogens is 1. The Morgan fingerprint density at radius 3 is 1.59 bits per heavy atom. The van der Waals surface area contributed by atoms with Gasteiger partial charge in [-0.1, -0.05) is 97.8 Å². The van der Waals surface area contributed by atoms with Gasteiger partial charge in [0, 0.05) is 12.8 Å². The maximum atomic E-state index is 11.9. The van der Waals surface area contributed by atoms with Gasteiger partial charge in [0.05, 0.1) is 14.1 Å². The van der Waals surface area contributed by atoms with E-state index in [1.54, 1.807) is 14.1 Å². The normalized spacial score (nSPS) is 13.1. The van der Waals surface area contributed by atoms with Gasteiger partial charge in [0.2, 0.25) is 5.91 Å². The van der Waals surface area contributed by atoms with Crippen molar-refractivity contribution in [2.75, 3.05) is 14.1 Å². The number of carbonyl (C=O) groups is 1. The summed E-state index contributed by atoms with van der Waals surface area (Å²) >= 11 is 0. The molecule has 0 rings (SSSR count). The average molecular weight is 385 g/mol. The topological polar surface area (TPSA) is 52.2 Å². The molecular formula is C23H48N2O2. The molecule has 0 saturated heterocycles. The molecule has 4 heteroatoms. The van der Waals surface area contributed by atoms with Crippen molar-refractivity contribution < 1.29 is 9.44 Å². The average Bonchev–Trinajstić information content (AvgIpc) is 2.58. The number of amides is 1. The zero-order chi connectivity index (χ0) is 20.5. The number of carbonyl (C=O) groups excluding carboxylic acids is 1. The van der Waals surface area contributed by atoms with Gasteiger partial charge in [0.1, 0.15) is 0 Å². The van der Waals surface area contributed by atoms with E-state index in [2.05, 4.69) is 19.2 Å². The highest BCUT2D eigenvalue weighted by atomic mass is 16.5. The molecule has 0 aromatic rings. The lowest BCUT2D eigenvalue weighted by Crippen LogP contribution is -2.53. The van der Waals surface area contributed by atoms with Crippen LogP contribution in [0, 0.1) is 11.1 Å². The summed E-state index contributed by atoms with van der Waals surface area (Å²) in [4.78, 5) is 11.9. The van der Waals surface area contributed by atoms with Crippen molar-refractivity contribution in [3.05, 3.63) is 5.21 Å². The van der Waals surface area contributed by atoms with Gasteiger partial charge in [0.25, 0.3) is 0 Å². The summed E-state index contributed by atoms with van der Waals surface area (Å²) in [6.45, 7) is 6.56. The number of unbranched alkanes of at least 4 members (excludes halogenated alkanes) is 11. The van der Waals surface area contributed by atoms with E-state index in [0.717, 1.165) is 18.8 Å². The van der Waals surface area contributed by atoms with Crippen LogP contribution in [-0.2, 0) is 4.79 Å². The summed E-state index contributed by atoms with van der Waals surface area (Å²) in [6.07, 6.45) is 18.0. The molecule has 1 unspecified atom stereocenters. The van der Waals surface area contributed by atoms with Gasteiger partial charge in [-0.05, 0) is 12.3 Å². The standard InChI is InChI=1S/C23H48N2O2/c1-6-22(25(4,5)27)24-23(26)20-18-16-14-12-10-8-7-9-11-13-15-17-19-21(2)3/h21-22H,6-20H2,1-5H3,(H,24,26). The third kappa shape index (κ3) is 17.2. The van der Waals surface area contributed by atoms with Crippen molar-refractivity contribution in [3.8, 4) is 0 Å². The minimum Gasteiger partial charge on any atom is -0.632 e. The number of nitrogens with zero attached hydrogens (tertiary/aromatic N) is 1. The van der Waals surface area contributed by atoms with Gasteiger partial charge in [-0.3, -0.25) is 4.79 Å². The summed E-state index contributed by atoms with van der Waals surface area (Å²) in [5.41, 5.74) is 0. The summed E-state index contributed by atoms with van der Waals surface area (Å²) in [7, 11) is 3.17. The minimum atomic E-state index is -0.458. The van der Waals surface area contributed by atoms with Crippen LogP contribution in [0.5, 0.6) is 0 Å². The fourth-order valence-corrected chi connectivity index (χ4v) is 3.56. The molecule has 0 heterocycles. The lowest BCUT2D eigenvalue weighted by atomic mass is 10.0. The number of hydrogen-bond donors (Lipinski definition) is 1. The molecule has 1 amide bonds. The van der Waals surface area contributed by atoms with Crippen LogP contribution in [0.1, 0.15) is 117 Å². The Hall–Kier alpha value is -0.610. The summed E-state index contributed by atoms with van der Waals surface area (Å²) in [6, 6.07) is 0. The fraction of sp³-hybridized carbons (Fsp3) is 0.957. The van der Waals surface area contributed by atoms with Gasteiger partial charge < -0.3 is 15.2 Å². The smallest absolute Gasteiger partial charge is 0.224 e. The first-order valence-corrected chi connectivity index (χ1v) is 11.6. The van der Waals surface area contributed by atoms with Gasteiger partial charge in [-0.2, -0.15) is 0 Å². The monoisotopic (exact) mass is 384 g/mol. The molecule has 1 atom stereocenters. The minimum absolute atomic E-state index is 0.0253. The van der Waals surface area contributed by atoms with Crippen LogP contribution in [-0.4, -0.2) is 30.8 Å². The molecule has 27 heavy (non-hydrogen) atoms. The van der Waals surface area contributed by atoms with Gasteiger partial charge >= 0.3 is 0 Å². The molecule has 0 bridgehead atoms. The second kappa shape index (κ2) is 16.4. The number of hydrogen-bond acceptors (Lipinski definition) is 2. The van der Waals surface area contributed by atoms with Crippen molar-refractivity contribution in [1.29, 1.82) is 0 Å². The SMILES string of the molecule is CCC(NC(=O)CCCCCCCCCCCCCCC(C)C)[N+](C)(C)[O-]. The van der Waals surface area contributed by atoms with E-state index in [9.17, 15) is 10.0 Å². The maximum absolute atomic E-state index is 11.9. The molecule has 0 aliphatic rings. The summed E-state index contributed by atoms with van der Waals surface area (Å²) in [5.74, 6) is 0.883. The molecule has 1 N–H and O–H groups in total. The van der Waals surface area contributed by atoms with Crippen LogP contribution in [0.3, 0.4) is 0 Å². The Labute approximate surface area is 169 Å². The zero-order valence-electron chi connectivity index (χ0n) is 19.0. The molecule has 0 radical (unpaired) electrons. The highest BCUT2D eigenvalue weighted by Crippen LogP contribution is 2.14. The van der Waals surface area contributed by atoms with Crippen LogP contribution in [0.25, 0.3) is 0 Å². The predicted octanol–water partition coefficient (Wildman–Crippen LogP) is 6.53. The van der Waals surface area contributed by atoms with E-state index < -0.39 is 4.65 Å². The lowest BCUT2D eigenvalue weighted by Gasteiger charge is -2.41. The third-order valence-electron chi connectivity index (χ3n) is 5.40. The van der Waals surface area contributed by atoms with E-state index in [1.807, 2.05) is 6.92 Å². The Bertz CT molecular complexity index is 351. The second-order valence-electron chi connectivity index (χ2n) is 9.10. The zero-order valence-corrected chi connectivity index (χ0v) is 19.0. The highest BCUT2D eigenvalue weighted by molar-refractivity contribution is 5.75. The molecule has 0 aliphatic carbocycles. The Balaban J connectivity index is 3.37. The van der Waals surface area contributed by atoms with E-state index in [1.165, 1.54) is 70.6 Å². The van der Waals surface area contributed by atoms with E-state index in [-0.39, 0.29) is 12.1 Å². The van der Waals surface area contributed by atoms with E-state index in [0.29, 0.717) is 12.8 Å². The Morgan fingerprint density at radius 2 is 1.22 bits per heavy atom. The summed E-state index contributed by atoms with van der Waals surface area (Å²) in [5, 5.41) is 14.8.